The quantitative estimate of drug-likeness (QED) is 0.799. The molecule has 0 aromatic rings. The number of halogens is 2. The van der Waals surface area contributed by atoms with Crippen molar-refractivity contribution >= 4 is 0 Å². The highest BCUT2D eigenvalue weighted by Crippen LogP contribution is 2.38. The first-order valence-corrected chi connectivity index (χ1v) is 7.86. The van der Waals surface area contributed by atoms with E-state index in [0.717, 1.165) is 32.1 Å². The lowest BCUT2D eigenvalue weighted by Gasteiger charge is -2.36. The fourth-order valence-electron chi connectivity index (χ4n) is 3.57. The lowest BCUT2D eigenvalue weighted by Crippen LogP contribution is -2.40. The summed E-state index contributed by atoms with van der Waals surface area (Å²) in [5.41, 5.74) is 0. The van der Waals surface area contributed by atoms with E-state index in [-0.39, 0.29) is 5.79 Å². The Bertz CT molecular complexity index is 310. The van der Waals surface area contributed by atoms with E-state index in [1.54, 1.807) is 0 Å². The van der Waals surface area contributed by atoms with Crippen LogP contribution in [0.5, 0.6) is 0 Å². The second-order valence-electron chi connectivity index (χ2n) is 6.31. The van der Waals surface area contributed by atoms with Crippen molar-refractivity contribution in [3.05, 3.63) is 0 Å². The molecule has 3 rings (SSSR count). The number of hydrogen-bond acceptors (Lipinski definition) is 3. The Morgan fingerprint density at radius 2 is 1.70 bits per heavy atom. The Kier molecular flexibility index (Phi) is 4.58. The Morgan fingerprint density at radius 1 is 1.00 bits per heavy atom. The van der Waals surface area contributed by atoms with Crippen LogP contribution in [0.3, 0.4) is 0 Å². The molecule has 0 radical (unpaired) electrons. The Balaban J connectivity index is 1.41. The van der Waals surface area contributed by atoms with Gasteiger partial charge in [-0.05, 0) is 38.0 Å². The van der Waals surface area contributed by atoms with E-state index in [2.05, 4.69) is 0 Å². The fraction of sp³-hybridized carbons (Fsp3) is 1.00. The van der Waals surface area contributed by atoms with Gasteiger partial charge in [-0.2, -0.15) is 0 Å². The molecular formula is C15H24F2O3. The second-order valence-corrected chi connectivity index (χ2v) is 6.31. The normalized spacial score (nSPS) is 38.4. The third-order valence-electron chi connectivity index (χ3n) is 4.90. The molecule has 3 fully saturated rings. The first-order valence-electron chi connectivity index (χ1n) is 7.86. The largest absolute Gasteiger partial charge is 0.375 e. The van der Waals surface area contributed by atoms with Crippen molar-refractivity contribution in [1.82, 2.24) is 0 Å². The van der Waals surface area contributed by atoms with Crippen LogP contribution >= 0.6 is 0 Å². The number of rotatable bonds is 3. The maximum Gasteiger partial charge on any atom is 0.168 e. The van der Waals surface area contributed by atoms with Gasteiger partial charge in [-0.15, -0.1) is 0 Å². The van der Waals surface area contributed by atoms with Crippen LogP contribution in [0.4, 0.5) is 8.78 Å². The average molecular weight is 290 g/mol. The predicted octanol–water partition coefficient (Wildman–Crippen LogP) is 3.17. The van der Waals surface area contributed by atoms with E-state index in [0.29, 0.717) is 38.6 Å². The molecule has 3 unspecified atom stereocenters. The third-order valence-corrected chi connectivity index (χ3v) is 4.90. The molecule has 3 aliphatic rings. The molecule has 3 nitrogen and oxygen atoms in total. The van der Waals surface area contributed by atoms with Crippen LogP contribution < -0.4 is 0 Å². The zero-order chi connectivity index (χ0) is 14.0. The van der Waals surface area contributed by atoms with Crippen LogP contribution in [0.1, 0.15) is 44.9 Å². The summed E-state index contributed by atoms with van der Waals surface area (Å²) < 4.78 is 44.0. The maximum atomic E-state index is 13.7. The summed E-state index contributed by atoms with van der Waals surface area (Å²) in [6.45, 7) is 1.91. The van der Waals surface area contributed by atoms with Crippen LogP contribution in [0.15, 0.2) is 0 Å². The van der Waals surface area contributed by atoms with Crippen LogP contribution in [0.2, 0.25) is 0 Å². The summed E-state index contributed by atoms with van der Waals surface area (Å²) in [6.07, 6.45) is 2.09. The summed E-state index contributed by atoms with van der Waals surface area (Å²) in [7, 11) is 0. The predicted molar refractivity (Wildman–Crippen MR) is 70.0 cm³/mol. The fourth-order valence-corrected chi connectivity index (χ4v) is 3.57. The molecule has 1 heterocycles. The van der Waals surface area contributed by atoms with Crippen LogP contribution in [0, 0.1) is 5.92 Å². The highest BCUT2D eigenvalue weighted by molar-refractivity contribution is 4.85. The number of hydrogen-bond donors (Lipinski definition) is 0. The van der Waals surface area contributed by atoms with Gasteiger partial charge < -0.3 is 14.2 Å². The molecule has 0 bridgehead atoms. The average Bonchev–Trinajstić information content (AvgIpc) is 2.91. The Labute approximate surface area is 119 Å². The summed E-state index contributed by atoms with van der Waals surface area (Å²) in [5, 5.41) is 0. The van der Waals surface area contributed by atoms with Gasteiger partial charge in [0.25, 0.3) is 0 Å². The van der Waals surface area contributed by atoms with Crippen molar-refractivity contribution in [1.29, 1.82) is 0 Å². The molecule has 0 amide bonds. The molecule has 20 heavy (non-hydrogen) atoms. The molecule has 1 saturated heterocycles. The zero-order valence-electron chi connectivity index (χ0n) is 11.9. The first-order chi connectivity index (χ1) is 9.69. The highest BCUT2D eigenvalue weighted by Gasteiger charge is 2.41. The first kappa shape index (κ1) is 14.7. The van der Waals surface area contributed by atoms with E-state index in [9.17, 15) is 8.78 Å². The maximum absolute atomic E-state index is 13.7. The standard InChI is InChI=1S/C15H24F2O3/c16-12-2-1-3-13(14(12)17)18-10-11-4-6-15(7-5-11)19-8-9-20-15/h11-14H,1-10H2. The second kappa shape index (κ2) is 6.24. The smallest absolute Gasteiger partial charge is 0.168 e. The lowest BCUT2D eigenvalue weighted by atomic mass is 9.85. The molecule has 2 aliphatic carbocycles. The van der Waals surface area contributed by atoms with Gasteiger partial charge in [-0.3, -0.25) is 0 Å². The molecule has 1 aliphatic heterocycles. The van der Waals surface area contributed by atoms with Crippen molar-refractivity contribution in [2.75, 3.05) is 19.8 Å². The van der Waals surface area contributed by atoms with E-state index >= 15 is 0 Å². The molecule has 0 aromatic carbocycles. The summed E-state index contributed by atoms with van der Waals surface area (Å²) >= 11 is 0. The van der Waals surface area contributed by atoms with Gasteiger partial charge in [0, 0.05) is 19.4 Å². The van der Waals surface area contributed by atoms with Gasteiger partial charge in [0.05, 0.1) is 19.3 Å². The van der Waals surface area contributed by atoms with Crippen molar-refractivity contribution < 1.29 is 23.0 Å². The SMILES string of the molecule is FC1CCCC(OCC2CCC3(CC2)OCCO3)C1F. The molecule has 2 saturated carbocycles. The number of alkyl halides is 2. The van der Waals surface area contributed by atoms with Crippen molar-refractivity contribution in [2.24, 2.45) is 5.92 Å². The summed E-state index contributed by atoms with van der Waals surface area (Å²) in [6, 6.07) is 0. The van der Waals surface area contributed by atoms with E-state index in [1.165, 1.54) is 0 Å². The number of ether oxygens (including phenoxy) is 3. The molecule has 1 spiro atoms. The van der Waals surface area contributed by atoms with Gasteiger partial charge >= 0.3 is 0 Å². The van der Waals surface area contributed by atoms with Crippen molar-refractivity contribution in [3.8, 4) is 0 Å². The van der Waals surface area contributed by atoms with E-state index in [1.807, 2.05) is 0 Å². The molecule has 3 atom stereocenters. The monoisotopic (exact) mass is 290 g/mol. The topological polar surface area (TPSA) is 27.7 Å². The molecular weight excluding hydrogens is 266 g/mol. The summed E-state index contributed by atoms with van der Waals surface area (Å²) in [4.78, 5) is 0. The minimum absolute atomic E-state index is 0.335. The van der Waals surface area contributed by atoms with Crippen LogP contribution in [-0.4, -0.2) is 44.1 Å². The highest BCUT2D eigenvalue weighted by atomic mass is 19.2. The van der Waals surface area contributed by atoms with Gasteiger partial charge in [-0.1, -0.05) is 0 Å². The summed E-state index contributed by atoms with van der Waals surface area (Å²) in [5.74, 6) is 0.0641. The van der Waals surface area contributed by atoms with E-state index in [4.69, 9.17) is 14.2 Å². The third kappa shape index (κ3) is 3.15. The van der Waals surface area contributed by atoms with E-state index < -0.39 is 18.4 Å². The molecule has 0 aromatic heterocycles. The Hall–Kier alpha value is -0.260. The lowest BCUT2D eigenvalue weighted by molar-refractivity contribution is -0.186. The molecule has 0 N–H and O–H groups in total. The van der Waals surface area contributed by atoms with Gasteiger partial charge in [-0.25, -0.2) is 8.78 Å². The van der Waals surface area contributed by atoms with Crippen LogP contribution in [0.25, 0.3) is 0 Å². The zero-order valence-corrected chi connectivity index (χ0v) is 11.9. The molecule has 5 heteroatoms. The van der Waals surface area contributed by atoms with Gasteiger partial charge in [0.15, 0.2) is 12.0 Å². The molecule has 116 valence electrons. The van der Waals surface area contributed by atoms with Crippen molar-refractivity contribution in [3.63, 3.8) is 0 Å². The van der Waals surface area contributed by atoms with Gasteiger partial charge in [0.1, 0.15) is 6.17 Å². The Morgan fingerprint density at radius 3 is 2.40 bits per heavy atom. The minimum atomic E-state index is -1.44. The van der Waals surface area contributed by atoms with Gasteiger partial charge in [0.2, 0.25) is 0 Å². The minimum Gasteiger partial charge on any atom is -0.375 e. The van der Waals surface area contributed by atoms with Crippen LogP contribution in [-0.2, 0) is 14.2 Å². The van der Waals surface area contributed by atoms with Crippen molar-refractivity contribution in [2.45, 2.75) is 69.2 Å².